The van der Waals surface area contributed by atoms with Crippen molar-refractivity contribution >= 4 is 40.7 Å². The van der Waals surface area contributed by atoms with E-state index in [0.29, 0.717) is 36.4 Å². The molecule has 0 bridgehead atoms. The van der Waals surface area contributed by atoms with Crippen LogP contribution >= 0.6 is 23.2 Å². The third kappa shape index (κ3) is 5.11. The van der Waals surface area contributed by atoms with E-state index in [1.165, 1.54) is 35.2 Å². The molecule has 39 heavy (non-hydrogen) atoms. The van der Waals surface area contributed by atoms with Crippen molar-refractivity contribution in [3.63, 3.8) is 0 Å². The number of aliphatic hydroxyl groups is 1. The molecule has 1 aliphatic heterocycles. The lowest BCUT2D eigenvalue weighted by molar-refractivity contribution is -0.132. The van der Waals surface area contributed by atoms with Crippen molar-refractivity contribution < 1.29 is 27.9 Å². The molecule has 2 aromatic carbocycles. The van der Waals surface area contributed by atoms with Gasteiger partial charge in [-0.2, -0.15) is 0 Å². The maximum absolute atomic E-state index is 14.7. The van der Waals surface area contributed by atoms with E-state index in [1.54, 1.807) is 18.2 Å². The molecule has 3 aromatic rings. The maximum atomic E-state index is 14.7. The van der Waals surface area contributed by atoms with Crippen LogP contribution in [0, 0.1) is 11.7 Å². The summed E-state index contributed by atoms with van der Waals surface area (Å²) < 4.78 is 41.4. The van der Waals surface area contributed by atoms with Gasteiger partial charge in [0.05, 0.1) is 16.3 Å². The number of pyridine rings is 1. The van der Waals surface area contributed by atoms with E-state index in [4.69, 9.17) is 23.2 Å². The fourth-order valence-electron chi connectivity index (χ4n) is 5.47. The first kappa shape index (κ1) is 27.4. The summed E-state index contributed by atoms with van der Waals surface area (Å²) in [5.74, 6) is -2.01. The first-order valence-corrected chi connectivity index (χ1v) is 13.2. The Labute approximate surface area is 232 Å². The Kier molecular flexibility index (Phi) is 7.59. The molecule has 0 saturated heterocycles. The van der Waals surface area contributed by atoms with Gasteiger partial charge in [0.1, 0.15) is 11.5 Å². The molecule has 1 saturated carbocycles. The normalized spacial score (nSPS) is 22.7. The molecule has 2 heterocycles. The SMILES string of the molecule is O=C(NC1CCC(CN2C(=O)C(O)(c3ccccc3F)c3ccc(Cl)cc32)CC1)c1cc(Cl)cnc1C(F)F. The Morgan fingerprint density at radius 2 is 1.79 bits per heavy atom. The second kappa shape index (κ2) is 10.8. The van der Waals surface area contributed by atoms with E-state index in [1.807, 2.05) is 0 Å². The zero-order valence-electron chi connectivity index (χ0n) is 20.5. The van der Waals surface area contributed by atoms with E-state index in [2.05, 4.69) is 10.3 Å². The van der Waals surface area contributed by atoms with E-state index in [9.17, 15) is 27.9 Å². The van der Waals surface area contributed by atoms with Crippen LogP contribution < -0.4 is 10.2 Å². The summed E-state index contributed by atoms with van der Waals surface area (Å²) in [4.78, 5) is 31.4. The van der Waals surface area contributed by atoms with Crippen molar-refractivity contribution in [2.45, 2.75) is 43.8 Å². The summed E-state index contributed by atoms with van der Waals surface area (Å²) in [5.41, 5.74) is -2.54. The Morgan fingerprint density at radius 3 is 2.49 bits per heavy atom. The van der Waals surface area contributed by atoms with Crippen molar-refractivity contribution in [2.75, 3.05) is 11.4 Å². The Bertz CT molecular complexity index is 1430. The number of rotatable bonds is 6. The molecule has 1 aromatic heterocycles. The number of benzene rings is 2. The molecule has 0 spiro atoms. The summed E-state index contributed by atoms with van der Waals surface area (Å²) in [6.45, 7) is 0.261. The second-order valence-corrected chi connectivity index (χ2v) is 10.7. The van der Waals surface area contributed by atoms with Gasteiger partial charge in [-0.25, -0.2) is 13.2 Å². The smallest absolute Gasteiger partial charge is 0.281 e. The number of hydrogen-bond donors (Lipinski definition) is 2. The number of nitrogens with zero attached hydrogens (tertiary/aromatic N) is 2. The molecule has 5 rings (SSSR count). The lowest BCUT2D eigenvalue weighted by Gasteiger charge is -2.32. The third-order valence-corrected chi connectivity index (χ3v) is 7.86. The van der Waals surface area contributed by atoms with Crippen LogP contribution in [0.25, 0.3) is 0 Å². The van der Waals surface area contributed by atoms with Crippen LogP contribution in [0.15, 0.2) is 54.7 Å². The lowest BCUT2D eigenvalue weighted by atomic mass is 9.85. The third-order valence-electron chi connectivity index (χ3n) is 7.42. The van der Waals surface area contributed by atoms with Gasteiger partial charge in [-0.1, -0.05) is 47.5 Å². The first-order chi connectivity index (χ1) is 18.6. The van der Waals surface area contributed by atoms with Gasteiger partial charge in [-0.05, 0) is 55.9 Å². The molecular formula is C28H24Cl2F3N3O3. The quantitative estimate of drug-likeness (QED) is 0.374. The Hall–Kier alpha value is -3.14. The van der Waals surface area contributed by atoms with Crippen LogP contribution in [0.5, 0.6) is 0 Å². The molecule has 6 nitrogen and oxygen atoms in total. The van der Waals surface area contributed by atoms with Gasteiger partial charge in [0.2, 0.25) is 0 Å². The minimum Gasteiger partial charge on any atom is -0.372 e. The zero-order valence-corrected chi connectivity index (χ0v) is 22.0. The van der Waals surface area contributed by atoms with Crippen LogP contribution in [0.3, 0.4) is 0 Å². The molecule has 2 aliphatic rings. The van der Waals surface area contributed by atoms with Gasteiger partial charge in [0.25, 0.3) is 18.2 Å². The predicted molar refractivity (Wildman–Crippen MR) is 141 cm³/mol. The standard InChI is InChI=1S/C28H24Cl2F3N3O3/c29-16-7-10-21-23(12-16)36(27(38)28(21,39)20-3-1-2-4-22(20)31)14-15-5-8-18(9-6-15)35-26(37)19-11-17(30)13-34-24(19)25(32)33/h1-4,7,10-13,15,18,25,39H,5-6,8-9,14H2,(H,35,37). The number of aromatic nitrogens is 1. The van der Waals surface area contributed by atoms with Gasteiger partial charge in [0, 0.05) is 34.9 Å². The number of alkyl halides is 2. The van der Waals surface area contributed by atoms with Crippen LogP contribution in [0.1, 0.15) is 59.3 Å². The molecule has 204 valence electrons. The van der Waals surface area contributed by atoms with Gasteiger partial charge >= 0.3 is 0 Å². The number of anilines is 1. The van der Waals surface area contributed by atoms with E-state index < -0.39 is 35.4 Å². The Morgan fingerprint density at radius 1 is 1.08 bits per heavy atom. The number of fused-ring (bicyclic) bond motifs is 1. The first-order valence-electron chi connectivity index (χ1n) is 12.4. The van der Waals surface area contributed by atoms with Gasteiger partial charge < -0.3 is 15.3 Å². The summed E-state index contributed by atoms with van der Waals surface area (Å²) >= 11 is 12.1. The summed E-state index contributed by atoms with van der Waals surface area (Å²) in [6, 6.07) is 11.2. The topological polar surface area (TPSA) is 82.5 Å². The van der Waals surface area contributed by atoms with Crippen molar-refractivity contribution in [2.24, 2.45) is 5.92 Å². The molecule has 1 aliphatic carbocycles. The number of carbonyl (C=O) groups is 2. The molecular weight excluding hydrogens is 554 g/mol. The highest BCUT2D eigenvalue weighted by Gasteiger charge is 2.52. The van der Waals surface area contributed by atoms with E-state index >= 15 is 0 Å². The van der Waals surface area contributed by atoms with Crippen LogP contribution in [-0.4, -0.2) is 34.5 Å². The van der Waals surface area contributed by atoms with E-state index in [-0.39, 0.29) is 40.2 Å². The zero-order chi connectivity index (χ0) is 27.9. The molecule has 1 fully saturated rings. The highest BCUT2D eigenvalue weighted by atomic mass is 35.5. The lowest BCUT2D eigenvalue weighted by Crippen LogP contribution is -2.45. The number of halogens is 5. The molecule has 11 heteroatoms. The van der Waals surface area contributed by atoms with Crippen molar-refractivity contribution in [3.8, 4) is 0 Å². The van der Waals surface area contributed by atoms with Gasteiger partial charge in [-0.3, -0.25) is 14.6 Å². The van der Waals surface area contributed by atoms with Crippen molar-refractivity contribution in [1.82, 2.24) is 10.3 Å². The summed E-state index contributed by atoms with van der Waals surface area (Å²) in [6.07, 6.45) is 0.503. The van der Waals surface area contributed by atoms with Crippen molar-refractivity contribution in [3.05, 3.63) is 93.0 Å². The minimum absolute atomic E-state index is 0.0152. The number of hydrogen-bond acceptors (Lipinski definition) is 4. The summed E-state index contributed by atoms with van der Waals surface area (Å²) in [5, 5.41) is 14.8. The second-order valence-electron chi connectivity index (χ2n) is 9.85. The monoisotopic (exact) mass is 577 g/mol. The highest BCUT2D eigenvalue weighted by Crippen LogP contribution is 2.47. The number of amides is 2. The predicted octanol–water partition coefficient (Wildman–Crippen LogP) is 6.04. The number of nitrogens with one attached hydrogen (secondary N) is 1. The summed E-state index contributed by atoms with van der Waals surface area (Å²) in [7, 11) is 0. The van der Waals surface area contributed by atoms with Crippen LogP contribution in [0.4, 0.5) is 18.9 Å². The van der Waals surface area contributed by atoms with Crippen LogP contribution in [-0.2, 0) is 10.4 Å². The molecule has 0 radical (unpaired) electrons. The molecule has 2 N–H and O–H groups in total. The van der Waals surface area contributed by atoms with E-state index in [0.717, 1.165) is 6.20 Å². The van der Waals surface area contributed by atoms with Crippen molar-refractivity contribution in [1.29, 1.82) is 0 Å². The molecule has 1 atom stereocenters. The number of carbonyl (C=O) groups excluding carboxylic acids is 2. The Balaban J connectivity index is 1.29. The molecule has 2 amide bonds. The van der Waals surface area contributed by atoms with Gasteiger partial charge in [-0.15, -0.1) is 0 Å². The molecule has 1 unspecified atom stereocenters. The minimum atomic E-state index is -2.92. The van der Waals surface area contributed by atoms with Gasteiger partial charge in [0.15, 0.2) is 5.60 Å². The highest BCUT2D eigenvalue weighted by molar-refractivity contribution is 6.31. The largest absolute Gasteiger partial charge is 0.372 e. The average Bonchev–Trinajstić information content (AvgIpc) is 3.11. The maximum Gasteiger partial charge on any atom is 0.281 e. The van der Waals surface area contributed by atoms with Crippen LogP contribution in [0.2, 0.25) is 10.0 Å². The fraction of sp³-hybridized carbons (Fsp3) is 0.321. The fourth-order valence-corrected chi connectivity index (χ4v) is 5.79. The average molecular weight is 578 g/mol.